The molecule has 9 heteroatoms. The van der Waals surface area contributed by atoms with Gasteiger partial charge in [-0.1, -0.05) is 12.1 Å². The van der Waals surface area contributed by atoms with Gasteiger partial charge in [-0.25, -0.2) is 4.79 Å². The number of aliphatic hydroxyl groups excluding tert-OH is 1. The number of esters is 1. The van der Waals surface area contributed by atoms with E-state index in [1.807, 2.05) is 19.1 Å². The summed E-state index contributed by atoms with van der Waals surface area (Å²) in [6.07, 6.45) is 1.36. The number of nitrogens with one attached hydrogen (secondary N) is 1. The van der Waals surface area contributed by atoms with Crippen molar-refractivity contribution in [2.75, 3.05) is 46.6 Å². The second kappa shape index (κ2) is 15.5. The van der Waals surface area contributed by atoms with Crippen LogP contribution in [0.2, 0.25) is 0 Å². The molecule has 1 fully saturated rings. The summed E-state index contributed by atoms with van der Waals surface area (Å²) >= 11 is 0. The summed E-state index contributed by atoms with van der Waals surface area (Å²) in [6.45, 7) is 6.97. The van der Waals surface area contributed by atoms with Gasteiger partial charge in [-0.2, -0.15) is 0 Å². The Bertz CT molecular complexity index is 917. The average molecular weight is 517 g/mol. The zero-order chi connectivity index (χ0) is 26.5. The fraction of sp³-hybridized carbons (Fsp3) is 0.536. The maximum Gasteiger partial charge on any atom is 0.338 e. The fourth-order valence-electron chi connectivity index (χ4n) is 4.24. The van der Waals surface area contributed by atoms with Crippen molar-refractivity contribution >= 4 is 5.97 Å². The van der Waals surface area contributed by atoms with Crippen LogP contribution in [-0.2, 0) is 20.8 Å². The number of carbonyl (C=O) groups is 1. The molecule has 2 aromatic rings. The van der Waals surface area contributed by atoms with Crippen molar-refractivity contribution in [2.45, 2.75) is 51.9 Å². The lowest BCUT2D eigenvalue weighted by Gasteiger charge is -2.36. The molecule has 0 radical (unpaired) electrons. The zero-order valence-corrected chi connectivity index (χ0v) is 22.1. The highest BCUT2D eigenvalue weighted by Crippen LogP contribution is 2.21. The third-order valence-corrected chi connectivity index (χ3v) is 6.11. The van der Waals surface area contributed by atoms with Crippen LogP contribution < -0.4 is 14.8 Å². The van der Waals surface area contributed by atoms with Crippen molar-refractivity contribution in [1.82, 2.24) is 10.2 Å². The van der Waals surface area contributed by atoms with Gasteiger partial charge in [0, 0.05) is 26.2 Å². The maximum absolute atomic E-state index is 12.0. The van der Waals surface area contributed by atoms with Crippen LogP contribution in [0, 0.1) is 0 Å². The SMILES string of the molecule is CCOC(=O)c1ccc(CN(CC(O)COc2ccc(OC(OC)OCC)cc2)C2CCNCC2)cc1. The molecule has 3 rings (SSSR count). The lowest BCUT2D eigenvalue weighted by Crippen LogP contribution is -2.46. The van der Waals surface area contributed by atoms with Crippen LogP contribution in [0.3, 0.4) is 0 Å². The number of hydrogen-bond donors (Lipinski definition) is 2. The second-order valence-electron chi connectivity index (χ2n) is 8.86. The van der Waals surface area contributed by atoms with Crippen molar-refractivity contribution in [3.63, 3.8) is 0 Å². The molecule has 9 nitrogen and oxygen atoms in total. The Balaban J connectivity index is 1.55. The molecular formula is C28H40N2O7. The Hall–Kier alpha value is -2.69. The van der Waals surface area contributed by atoms with Gasteiger partial charge in [-0.15, -0.1) is 0 Å². The predicted molar refractivity (Wildman–Crippen MR) is 140 cm³/mol. The number of piperidine rings is 1. The number of methoxy groups -OCH3 is 1. The van der Waals surface area contributed by atoms with Crippen LogP contribution >= 0.6 is 0 Å². The number of aliphatic hydroxyl groups is 1. The van der Waals surface area contributed by atoms with E-state index in [4.69, 9.17) is 23.7 Å². The number of carbonyl (C=O) groups excluding carboxylic acids is 1. The molecule has 0 saturated carbocycles. The fourth-order valence-corrected chi connectivity index (χ4v) is 4.24. The summed E-state index contributed by atoms with van der Waals surface area (Å²) in [7, 11) is 1.52. The van der Waals surface area contributed by atoms with Gasteiger partial charge in [0.25, 0.3) is 0 Å². The van der Waals surface area contributed by atoms with Crippen LogP contribution in [0.1, 0.15) is 42.6 Å². The summed E-state index contributed by atoms with van der Waals surface area (Å²) in [4.78, 5) is 14.3. The van der Waals surface area contributed by atoms with Gasteiger partial charge in [0.2, 0.25) is 0 Å². The van der Waals surface area contributed by atoms with E-state index in [1.54, 1.807) is 43.3 Å². The summed E-state index contributed by atoms with van der Waals surface area (Å²) in [5.74, 6) is 0.920. The molecule has 0 amide bonds. The summed E-state index contributed by atoms with van der Waals surface area (Å²) in [5, 5.41) is 14.2. The number of nitrogens with zero attached hydrogens (tertiary/aromatic N) is 1. The Morgan fingerprint density at radius 3 is 2.32 bits per heavy atom. The van der Waals surface area contributed by atoms with Crippen molar-refractivity contribution in [3.05, 3.63) is 59.7 Å². The van der Waals surface area contributed by atoms with E-state index >= 15 is 0 Å². The normalized spacial score (nSPS) is 15.8. The standard InChI is InChI=1S/C28H40N2O7/c1-4-34-27(32)22-8-6-21(7-9-22)18-30(23-14-16-29-17-15-23)19-24(31)20-36-25-10-12-26(13-11-25)37-28(33-3)35-5-2/h6-13,23-24,28-29,31H,4-5,14-20H2,1-3H3. The molecule has 204 valence electrons. The minimum atomic E-state index is -0.763. The average Bonchev–Trinajstić information content (AvgIpc) is 2.93. The van der Waals surface area contributed by atoms with Crippen molar-refractivity contribution < 1.29 is 33.6 Å². The van der Waals surface area contributed by atoms with Gasteiger partial charge in [-0.3, -0.25) is 4.90 Å². The largest absolute Gasteiger partial charge is 0.491 e. The van der Waals surface area contributed by atoms with Gasteiger partial charge in [-0.05, 0) is 81.7 Å². The lowest BCUT2D eigenvalue weighted by atomic mass is 10.0. The number of rotatable bonds is 15. The van der Waals surface area contributed by atoms with Crippen molar-refractivity contribution in [3.8, 4) is 11.5 Å². The molecule has 0 aliphatic carbocycles. The first kappa shape index (κ1) is 28.9. The van der Waals surface area contributed by atoms with E-state index < -0.39 is 12.6 Å². The Labute approximate surface area is 219 Å². The van der Waals surface area contributed by atoms with Gasteiger partial charge in [0.1, 0.15) is 24.2 Å². The van der Waals surface area contributed by atoms with Crippen LogP contribution in [0.5, 0.6) is 11.5 Å². The van der Waals surface area contributed by atoms with E-state index in [2.05, 4.69) is 10.2 Å². The molecular weight excluding hydrogens is 476 g/mol. The highest BCUT2D eigenvalue weighted by molar-refractivity contribution is 5.89. The molecule has 0 aromatic heterocycles. The van der Waals surface area contributed by atoms with Crippen molar-refractivity contribution in [2.24, 2.45) is 0 Å². The lowest BCUT2D eigenvalue weighted by molar-refractivity contribution is -0.231. The van der Waals surface area contributed by atoms with Crippen LogP contribution in [0.15, 0.2) is 48.5 Å². The third-order valence-electron chi connectivity index (χ3n) is 6.11. The summed E-state index contributed by atoms with van der Waals surface area (Å²) in [5.41, 5.74) is 1.62. The Kier molecular flexibility index (Phi) is 12.1. The van der Waals surface area contributed by atoms with E-state index in [0.29, 0.717) is 49.4 Å². The smallest absolute Gasteiger partial charge is 0.338 e. The minimum Gasteiger partial charge on any atom is -0.491 e. The third kappa shape index (κ3) is 9.60. The molecule has 1 heterocycles. The first-order valence-electron chi connectivity index (χ1n) is 12.9. The van der Waals surface area contributed by atoms with Crippen LogP contribution in [-0.4, -0.2) is 81.2 Å². The molecule has 0 spiro atoms. The monoisotopic (exact) mass is 516 g/mol. The highest BCUT2D eigenvalue weighted by atomic mass is 16.8. The summed E-state index contributed by atoms with van der Waals surface area (Å²) < 4.78 is 27.0. The number of hydrogen-bond acceptors (Lipinski definition) is 9. The Morgan fingerprint density at radius 1 is 1.03 bits per heavy atom. The highest BCUT2D eigenvalue weighted by Gasteiger charge is 2.24. The molecule has 37 heavy (non-hydrogen) atoms. The minimum absolute atomic E-state index is 0.170. The van der Waals surface area contributed by atoms with E-state index in [-0.39, 0.29) is 12.6 Å². The Morgan fingerprint density at radius 2 is 1.70 bits per heavy atom. The number of ether oxygens (including phenoxy) is 5. The quantitative estimate of drug-likeness (QED) is 0.273. The molecule has 1 saturated heterocycles. The van der Waals surface area contributed by atoms with Gasteiger partial charge in [0.15, 0.2) is 0 Å². The van der Waals surface area contributed by atoms with Crippen molar-refractivity contribution in [1.29, 1.82) is 0 Å². The van der Waals surface area contributed by atoms with Gasteiger partial charge in [0.05, 0.1) is 18.8 Å². The van der Waals surface area contributed by atoms with E-state index in [1.165, 1.54) is 7.11 Å². The summed E-state index contributed by atoms with van der Waals surface area (Å²) in [6, 6.07) is 15.0. The first-order valence-corrected chi connectivity index (χ1v) is 12.9. The molecule has 2 unspecified atom stereocenters. The van der Waals surface area contributed by atoms with Gasteiger partial charge >= 0.3 is 12.4 Å². The molecule has 0 bridgehead atoms. The van der Waals surface area contributed by atoms with Crippen LogP contribution in [0.4, 0.5) is 0 Å². The van der Waals surface area contributed by atoms with Crippen LogP contribution in [0.25, 0.3) is 0 Å². The molecule has 2 N–H and O–H groups in total. The maximum atomic E-state index is 12.0. The topological polar surface area (TPSA) is 98.7 Å². The molecule has 1 aliphatic heterocycles. The number of benzene rings is 2. The van der Waals surface area contributed by atoms with Gasteiger partial charge < -0.3 is 34.1 Å². The zero-order valence-electron chi connectivity index (χ0n) is 22.1. The van der Waals surface area contributed by atoms with E-state index in [9.17, 15) is 9.90 Å². The predicted octanol–water partition coefficient (Wildman–Crippen LogP) is 3.20. The first-order chi connectivity index (χ1) is 18.0. The molecule has 2 aromatic carbocycles. The van der Waals surface area contributed by atoms with E-state index in [0.717, 1.165) is 31.5 Å². The molecule has 2 atom stereocenters. The molecule has 1 aliphatic rings. The second-order valence-corrected chi connectivity index (χ2v) is 8.86.